The molecule has 2 rings (SSSR count). The first-order chi connectivity index (χ1) is 7.61. The fourth-order valence-electron chi connectivity index (χ4n) is 1.70. The number of carbonyl (C=O) groups is 2. The molecule has 0 aliphatic rings. The summed E-state index contributed by atoms with van der Waals surface area (Å²) >= 11 is 0. The van der Waals surface area contributed by atoms with Crippen LogP contribution in [0, 0.1) is 0 Å². The normalized spacial score (nSPS) is 9.11. The van der Waals surface area contributed by atoms with Crippen LogP contribution < -0.4 is 0 Å². The molecule has 2 radical (unpaired) electrons. The Hall–Kier alpha value is -0.879. The molecule has 0 spiro atoms. The molecule has 0 heterocycles. The summed E-state index contributed by atoms with van der Waals surface area (Å²) in [6.07, 6.45) is 0. The predicted molar refractivity (Wildman–Crippen MR) is 57.9 cm³/mol. The van der Waals surface area contributed by atoms with Crippen molar-refractivity contribution in [3.05, 3.63) is 47.5 Å². The number of carboxylic acids is 2. The first kappa shape index (κ1) is 17.1. The number of aromatic carboxylic acids is 2. The maximum absolute atomic E-state index is 11.0. The summed E-state index contributed by atoms with van der Waals surface area (Å²) in [6.45, 7) is 0. The zero-order valence-corrected chi connectivity index (χ0v) is 11.7. The van der Waals surface area contributed by atoms with Gasteiger partial charge in [-0.05, 0) is 17.5 Å². The van der Waals surface area contributed by atoms with E-state index in [2.05, 4.69) is 0 Å². The molecule has 0 fully saturated rings. The third kappa shape index (κ3) is 3.11. The molecule has 2 aromatic carbocycles. The summed E-state index contributed by atoms with van der Waals surface area (Å²) in [5.41, 5.74) is 0.0194. The van der Waals surface area contributed by atoms with Crippen molar-refractivity contribution in [3.8, 4) is 0 Å². The van der Waals surface area contributed by atoms with Gasteiger partial charge in [0.25, 0.3) is 0 Å². The number of fused-ring (bicyclic) bond motifs is 1. The fourth-order valence-corrected chi connectivity index (χ4v) is 1.70. The maximum Gasteiger partial charge on any atom is 0.336 e. The second-order valence-electron chi connectivity index (χ2n) is 3.32. The molecule has 102 valence electrons. The minimum absolute atomic E-state index is 0. The first-order valence-electron chi connectivity index (χ1n) is 4.59. The van der Waals surface area contributed by atoms with E-state index >= 15 is 0 Å². The van der Waals surface area contributed by atoms with E-state index in [1.165, 1.54) is 12.1 Å². The quantitative estimate of drug-likeness (QED) is 0.715. The van der Waals surface area contributed by atoms with Gasteiger partial charge in [0.1, 0.15) is 0 Å². The Kier molecular flexibility index (Phi) is 6.56. The van der Waals surface area contributed by atoms with Gasteiger partial charge in [-0.25, -0.2) is 9.59 Å². The molecular weight excluding hydrogens is 424 g/mol. The zero-order chi connectivity index (χ0) is 11.7. The minimum Gasteiger partial charge on any atom is -0.478 e. The van der Waals surface area contributed by atoms with E-state index in [9.17, 15) is 9.59 Å². The Labute approximate surface area is 134 Å². The first-order valence-corrected chi connectivity index (χ1v) is 4.59. The number of carboxylic acid groups (broad SMARTS) is 2. The van der Waals surface area contributed by atoms with Gasteiger partial charge in [-0.2, -0.15) is 0 Å². The molecule has 0 aliphatic carbocycles. The van der Waals surface area contributed by atoms with Crippen LogP contribution in [0.5, 0.6) is 0 Å². The van der Waals surface area contributed by atoms with Gasteiger partial charge in [-0.1, -0.05) is 24.3 Å². The molecule has 2 aromatic rings. The molecule has 2 N–H and O–H groups in total. The standard InChI is InChI=1S/C12H8O4.2Ag/c13-11(14)8-5-1-3-7-4-2-6-9(10(7)8)12(15)16;;/h1-6H,(H,13,14)(H,15,16);;. The molecule has 0 saturated carbocycles. The summed E-state index contributed by atoms with van der Waals surface area (Å²) in [6, 6.07) is 9.37. The second-order valence-corrected chi connectivity index (χ2v) is 3.32. The van der Waals surface area contributed by atoms with Crippen molar-refractivity contribution in [1.29, 1.82) is 0 Å². The topological polar surface area (TPSA) is 74.6 Å². The Bertz CT molecular complexity index is 547. The van der Waals surface area contributed by atoms with Gasteiger partial charge in [0.05, 0.1) is 11.1 Å². The third-order valence-electron chi connectivity index (χ3n) is 2.37. The Morgan fingerprint density at radius 1 is 0.778 bits per heavy atom. The van der Waals surface area contributed by atoms with Crippen molar-refractivity contribution < 1.29 is 64.6 Å². The minimum atomic E-state index is -1.13. The molecule has 4 nitrogen and oxygen atoms in total. The second kappa shape index (κ2) is 6.89. The Morgan fingerprint density at radius 3 is 1.50 bits per heavy atom. The predicted octanol–water partition coefficient (Wildman–Crippen LogP) is 2.23. The fraction of sp³-hybridized carbons (Fsp3) is 0. The van der Waals surface area contributed by atoms with Gasteiger partial charge in [-0.15, -0.1) is 0 Å². The molecule has 0 aromatic heterocycles. The molecule has 0 saturated heterocycles. The Balaban J connectivity index is 0.00000144. The Morgan fingerprint density at radius 2 is 1.17 bits per heavy atom. The van der Waals surface area contributed by atoms with Gasteiger partial charge in [0.15, 0.2) is 0 Å². The van der Waals surface area contributed by atoms with Crippen molar-refractivity contribution in [2.24, 2.45) is 0 Å². The average Bonchev–Trinajstić information content (AvgIpc) is 2.27. The molecule has 6 heteroatoms. The van der Waals surface area contributed by atoms with Gasteiger partial charge in [0.2, 0.25) is 0 Å². The molecule has 0 aliphatic heterocycles. The molecule has 0 atom stereocenters. The van der Waals surface area contributed by atoms with Crippen LogP contribution in [0.2, 0.25) is 0 Å². The van der Waals surface area contributed by atoms with E-state index < -0.39 is 11.9 Å². The SMILES string of the molecule is O=C(O)c1cccc2cccc(C(=O)O)c12.[Ag].[Ag]. The summed E-state index contributed by atoms with van der Waals surface area (Å²) in [5, 5.41) is 18.9. The summed E-state index contributed by atoms with van der Waals surface area (Å²) in [4.78, 5) is 22.0. The van der Waals surface area contributed by atoms with Gasteiger partial charge >= 0.3 is 11.9 Å². The molecule has 0 bridgehead atoms. The summed E-state index contributed by atoms with van der Waals surface area (Å²) < 4.78 is 0. The van der Waals surface area contributed by atoms with E-state index in [1.54, 1.807) is 24.3 Å². The van der Waals surface area contributed by atoms with Crippen LogP contribution in [0.3, 0.4) is 0 Å². The molecule has 18 heavy (non-hydrogen) atoms. The van der Waals surface area contributed by atoms with Gasteiger partial charge in [0, 0.05) is 50.1 Å². The van der Waals surface area contributed by atoms with Gasteiger partial charge < -0.3 is 10.2 Å². The van der Waals surface area contributed by atoms with Crippen molar-refractivity contribution in [2.45, 2.75) is 0 Å². The van der Waals surface area contributed by atoms with Crippen LogP contribution in [-0.2, 0) is 44.8 Å². The molecule has 0 unspecified atom stereocenters. The molecule has 0 amide bonds. The smallest absolute Gasteiger partial charge is 0.336 e. The van der Waals surface area contributed by atoms with Crippen LogP contribution in [-0.4, -0.2) is 22.2 Å². The van der Waals surface area contributed by atoms with E-state index in [4.69, 9.17) is 10.2 Å². The summed E-state index contributed by atoms with van der Waals surface area (Å²) in [7, 11) is 0. The average molecular weight is 432 g/mol. The van der Waals surface area contributed by atoms with E-state index in [1.807, 2.05) is 0 Å². The number of hydrogen-bond acceptors (Lipinski definition) is 2. The van der Waals surface area contributed by atoms with E-state index in [0.717, 1.165) is 0 Å². The van der Waals surface area contributed by atoms with Crippen LogP contribution in [0.25, 0.3) is 10.8 Å². The van der Waals surface area contributed by atoms with Crippen LogP contribution in [0.1, 0.15) is 20.7 Å². The van der Waals surface area contributed by atoms with Crippen molar-refractivity contribution in [2.75, 3.05) is 0 Å². The van der Waals surface area contributed by atoms with Crippen LogP contribution in [0.15, 0.2) is 36.4 Å². The van der Waals surface area contributed by atoms with Crippen LogP contribution >= 0.6 is 0 Å². The monoisotopic (exact) mass is 430 g/mol. The zero-order valence-electron chi connectivity index (χ0n) is 8.78. The number of hydrogen-bond donors (Lipinski definition) is 2. The van der Waals surface area contributed by atoms with E-state index in [-0.39, 0.29) is 61.3 Å². The third-order valence-corrected chi connectivity index (χ3v) is 2.37. The maximum atomic E-state index is 11.0. The van der Waals surface area contributed by atoms with Crippen molar-refractivity contribution in [3.63, 3.8) is 0 Å². The largest absolute Gasteiger partial charge is 0.478 e. The van der Waals surface area contributed by atoms with Gasteiger partial charge in [-0.3, -0.25) is 0 Å². The van der Waals surface area contributed by atoms with Crippen LogP contribution in [0.4, 0.5) is 0 Å². The number of rotatable bonds is 2. The summed E-state index contributed by atoms with van der Waals surface area (Å²) in [5.74, 6) is -2.25. The van der Waals surface area contributed by atoms with Crippen molar-refractivity contribution >= 4 is 22.7 Å². The molecular formula is C12H8Ag2O4. The number of benzene rings is 2. The van der Waals surface area contributed by atoms with E-state index in [0.29, 0.717) is 5.39 Å². The van der Waals surface area contributed by atoms with Crippen molar-refractivity contribution in [1.82, 2.24) is 0 Å².